The van der Waals surface area contributed by atoms with Crippen LogP contribution in [0, 0.1) is 11.3 Å². The van der Waals surface area contributed by atoms with Crippen molar-refractivity contribution < 1.29 is 14.3 Å². The maximum absolute atomic E-state index is 12.5. The van der Waals surface area contributed by atoms with E-state index in [9.17, 15) is 4.79 Å². The van der Waals surface area contributed by atoms with Crippen LogP contribution in [0.4, 0.5) is 0 Å². The van der Waals surface area contributed by atoms with E-state index in [2.05, 4.69) is 11.0 Å². The number of morpholine rings is 1. The quantitative estimate of drug-likeness (QED) is 0.804. The second-order valence-electron chi connectivity index (χ2n) is 5.93. The molecule has 0 bridgehead atoms. The lowest BCUT2D eigenvalue weighted by Crippen LogP contribution is -2.43. The van der Waals surface area contributed by atoms with Crippen LogP contribution in [0.5, 0.6) is 0 Å². The minimum Gasteiger partial charge on any atom is -0.468 e. The van der Waals surface area contributed by atoms with Crippen molar-refractivity contribution in [2.24, 2.45) is 0 Å². The van der Waals surface area contributed by atoms with E-state index >= 15 is 0 Å². The molecule has 5 heteroatoms. The van der Waals surface area contributed by atoms with Crippen molar-refractivity contribution in [1.29, 1.82) is 5.26 Å². The molecule has 2 atom stereocenters. The van der Waals surface area contributed by atoms with Gasteiger partial charge in [0, 0.05) is 13.1 Å². The normalized spacial score (nSPS) is 19.0. The number of nitriles is 1. The molecule has 1 heterocycles. The molecular weight excluding hydrogens is 316 g/mol. The average molecular weight is 336 g/mol. The van der Waals surface area contributed by atoms with Gasteiger partial charge in [0.15, 0.2) is 0 Å². The molecule has 3 rings (SSSR count). The van der Waals surface area contributed by atoms with Crippen molar-refractivity contribution in [2.75, 3.05) is 26.8 Å². The van der Waals surface area contributed by atoms with E-state index < -0.39 is 6.04 Å². The lowest BCUT2D eigenvalue weighted by atomic mass is 10.0. The van der Waals surface area contributed by atoms with E-state index in [1.807, 2.05) is 36.4 Å². The van der Waals surface area contributed by atoms with Crippen LogP contribution >= 0.6 is 0 Å². The molecule has 1 aliphatic heterocycles. The lowest BCUT2D eigenvalue weighted by molar-refractivity contribution is -0.150. The summed E-state index contributed by atoms with van der Waals surface area (Å²) in [6.45, 7) is 1.74. The maximum Gasteiger partial charge on any atom is 0.327 e. The third kappa shape index (κ3) is 3.87. The predicted molar refractivity (Wildman–Crippen MR) is 92.6 cm³/mol. The Kier molecular flexibility index (Phi) is 5.44. The van der Waals surface area contributed by atoms with Gasteiger partial charge in [-0.15, -0.1) is 0 Å². The van der Waals surface area contributed by atoms with Gasteiger partial charge in [-0.3, -0.25) is 4.90 Å². The fraction of sp³-hybridized carbons (Fsp3) is 0.300. The molecule has 1 saturated heterocycles. The van der Waals surface area contributed by atoms with Gasteiger partial charge >= 0.3 is 5.97 Å². The summed E-state index contributed by atoms with van der Waals surface area (Å²) >= 11 is 0. The summed E-state index contributed by atoms with van der Waals surface area (Å²) in [7, 11) is 1.39. The Balaban J connectivity index is 1.88. The van der Waals surface area contributed by atoms with E-state index in [0.29, 0.717) is 25.3 Å². The number of ether oxygens (including phenoxy) is 2. The third-order valence-corrected chi connectivity index (χ3v) is 4.39. The molecule has 2 aromatic rings. The summed E-state index contributed by atoms with van der Waals surface area (Å²) in [4.78, 5) is 14.5. The van der Waals surface area contributed by atoms with Gasteiger partial charge in [-0.2, -0.15) is 5.26 Å². The van der Waals surface area contributed by atoms with Crippen LogP contribution in [-0.4, -0.2) is 37.7 Å². The van der Waals surface area contributed by atoms with Crippen LogP contribution in [0.15, 0.2) is 54.6 Å². The van der Waals surface area contributed by atoms with Crippen LogP contribution in [0.25, 0.3) is 0 Å². The Morgan fingerprint density at radius 1 is 1.28 bits per heavy atom. The SMILES string of the molecule is COC(=O)[C@H](c1cccc(C#N)c1)N1CCO[C@@H](c2ccccc2)C1. The van der Waals surface area contributed by atoms with E-state index in [0.717, 1.165) is 11.1 Å². The topological polar surface area (TPSA) is 62.6 Å². The number of hydrogen-bond acceptors (Lipinski definition) is 5. The van der Waals surface area contributed by atoms with Crippen LogP contribution < -0.4 is 0 Å². The monoisotopic (exact) mass is 336 g/mol. The number of benzene rings is 2. The summed E-state index contributed by atoms with van der Waals surface area (Å²) in [5, 5.41) is 9.14. The molecule has 0 radical (unpaired) electrons. The van der Waals surface area contributed by atoms with Crippen molar-refractivity contribution in [3.63, 3.8) is 0 Å². The first-order chi connectivity index (χ1) is 12.2. The summed E-state index contributed by atoms with van der Waals surface area (Å²) in [5.74, 6) is -0.330. The zero-order chi connectivity index (χ0) is 17.6. The fourth-order valence-electron chi connectivity index (χ4n) is 3.16. The van der Waals surface area contributed by atoms with Gasteiger partial charge in [-0.25, -0.2) is 4.79 Å². The Morgan fingerprint density at radius 2 is 2.08 bits per heavy atom. The van der Waals surface area contributed by atoms with Gasteiger partial charge in [-0.05, 0) is 23.3 Å². The molecule has 0 aliphatic carbocycles. The van der Waals surface area contributed by atoms with E-state index in [1.54, 1.807) is 18.2 Å². The van der Waals surface area contributed by atoms with Crippen molar-refractivity contribution in [3.8, 4) is 6.07 Å². The minimum atomic E-state index is -0.548. The lowest BCUT2D eigenvalue weighted by Gasteiger charge is -2.37. The summed E-state index contributed by atoms with van der Waals surface area (Å²) in [6.07, 6.45) is -0.0961. The molecule has 1 aliphatic rings. The number of carbonyl (C=O) groups is 1. The Bertz CT molecular complexity index is 770. The number of rotatable bonds is 4. The van der Waals surface area contributed by atoms with E-state index in [-0.39, 0.29) is 12.1 Å². The van der Waals surface area contributed by atoms with Crippen molar-refractivity contribution >= 4 is 5.97 Å². The molecule has 1 fully saturated rings. The molecule has 0 saturated carbocycles. The maximum atomic E-state index is 12.5. The second kappa shape index (κ2) is 7.93. The van der Waals surface area contributed by atoms with Gasteiger partial charge in [-0.1, -0.05) is 42.5 Å². The number of hydrogen-bond donors (Lipinski definition) is 0. The van der Waals surface area contributed by atoms with Gasteiger partial charge < -0.3 is 9.47 Å². The Labute approximate surface area is 147 Å². The molecule has 0 spiro atoms. The smallest absolute Gasteiger partial charge is 0.327 e. The zero-order valence-corrected chi connectivity index (χ0v) is 14.1. The molecule has 128 valence electrons. The highest BCUT2D eigenvalue weighted by Crippen LogP contribution is 2.30. The summed E-state index contributed by atoms with van der Waals surface area (Å²) < 4.78 is 10.9. The molecule has 0 aromatic heterocycles. The first-order valence-corrected chi connectivity index (χ1v) is 8.21. The van der Waals surface area contributed by atoms with Crippen LogP contribution in [0.2, 0.25) is 0 Å². The minimum absolute atomic E-state index is 0.0961. The molecule has 0 amide bonds. The highest BCUT2D eigenvalue weighted by atomic mass is 16.5. The van der Waals surface area contributed by atoms with E-state index in [1.165, 1.54) is 7.11 Å². The zero-order valence-electron chi connectivity index (χ0n) is 14.1. The summed E-state index contributed by atoms with van der Waals surface area (Å²) in [5.41, 5.74) is 2.38. The van der Waals surface area contributed by atoms with Gasteiger partial charge in [0.05, 0.1) is 31.5 Å². The number of nitrogens with zero attached hydrogens (tertiary/aromatic N) is 2. The number of carbonyl (C=O) groups excluding carboxylic acids is 1. The van der Waals surface area contributed by atoms with Crippen LogP contribution in [0.3, 0.4) is 0 Å². The standard InChI is InChI=1S/C20H20N2O3/c1-24-20(23)19(17-9-5-6-15(12-17)13-21)22-10-11-25-18(14-22)16-7-3-2-4-8-16/h2-9,12,18-19H,10-11,14H2,1H3/t18-,19+/m1/s1. The second-order valence-corrected chi connectivity index (χ2v) is 5.93. The predicted octanol–water partition coefficient (Wildman–Crippen LogP) is 2.85. The van der Waals surface area contributed by atoms with Crippen molar-refractivity contribution in [2.45, 2.75) is 12.1 Å². The van der Waals surface area contributed by atoms with E-state index in [4.69, 9.17) is 14.7 Å². The molecule has 5 nitrogen and oxygen atoms in total. The van der Waals surface area contributed by atoms with Gasteiger partial charge in [0.1, 0.15) is 6.04 Å². The highest BCUT2D eigenvalue weighted by Gasteiger charge is 2.33. The first kappa shape index (κ1) is 17.2. The van der Waals surface area contributed by atoms with Gasteiger partial charge in [0.2, 0.25) is 0 Å². The number of methoxy groups -OCH3 is 1. The Hall–Kier alpha value is -2.68. The Morgan fingerprint density at radius 3 is 2.80 bits per heavy atom. The van der Waals surface area contributed by atoms with Crippen molar-refractivity contribution in [1.82, 2.24) is 4.90 Å². The number of esters is 1. The fourth-order valence-corrected chi connectivity index (χ4v) is 3.16. The highest BCUT2D eigenvalue weighted by molar-refractivity contribution is 5.77. The molecule has 25 heavy (non-hydrogen) atoms. The molecule has 0 unspecified atom stereocenters. The third-order valence-electron chi connectivity index (χ3n) is 4.39. The average Bonchev–Trinajstić information content (AvgIpc) is 2.69. The van der Waals surface area contributed by atoms with Gasteiger partial charge in [0.25, 0.3) is 0 Å². The first-order valence-electron chi connectivity index (χ1n) is 8.21. The largest absolute Gasteiger partial charge is 0.468 e. The van der Waals surface area contributed by atoms with Crippen molar-refractivity contribution in [3.05, 3.63) is 71.3 Å². The summed E-state index contributed by atoms with van der Waals surface area (Å²) in [6, 6.07) is 18.7. The van der Waals surface area contributed by atoms with Crippen LogP contribution in [-0.2, 0) is 14.3 Å². The van der Waals surface area contributed by atoms with Crippen LogP contribution in [0.1, 0.15) is 28.8 Å². The molecule has 2 aromatic carbocycles. The molecule has 0 N–H and O–H groups in total. The molecular formula is C20H20N2O3.